The maximum atomic E-state index is 12.6. The molecule has 36 heavy (non-hydrogen) atoms. The minimum atomic E-state index is -0.579. The molecule has 190 valence electrons. The summed E-state index contributed by atoms with van der Waals surface area (Å²) >= 11 is 0. The molecule has 1 aliphatic heterocycles. The van der Waals surface area contributed by atoms with Gasteiger partial charge in [0, 0.05) is 38.6 Å². The Labute approximate surface area is 210 Å². The predicted octanol–water partition coefficient (Wildman–Crippen LogP) is 3.36. The molecule has 3 N–H and O–H groups in total. The van der Waals surface area contributed by atoms with Gasteiger partial charge in [-0.05, 0) is 28.7 Å². The first kappa shape index (κ1) is 25.8. The topological polar surface area (TPSA) is 90.5 Å². The number of alkyl halides is 1. The molecule has 1 aromatic heterocycles. The highest BCUT2D eigenvalue weighted by molar-refractivity contribution is 5.69. The van der Waals surface area contributed by atoms with Gasteiger partial charge in [-0.3, -0.25) is 9.69 Å². The molecule has 1 fully saturated rings. The summed E-state index contributed by atoms with van der Waals surface area (Å²) in [6, 6.07) is 16.7. The van der Waals surface area contributed by atoms with Gasteiger partial charge in [0.1, 0.15) is 6.67 Å². The lowest BCUT2D eigenvalue weighted by atomic mass is 9.94. The molecule has 7 nitrogen and oxygen atoms in total. The van der Waals surface area contributed by atoms with Gasteiger partial charge in [-0.1, -0.05) is 60.7 Å². The molecule has 1 atom stereocenters. The van der Waals surface area contributed by atoms with Crippen molar-refractivity contribution in [2.24, 2.45) is 0 Å². The molecule has 1 saturated heterocycles. The Morgan fingerprint density at radius 1 is 1.06 bits per heavy atom. The summed E-state index contributed by atoms with van der Waals surface area (Å²) in [4.78, 5) is 20.8. The van der Waals surface area contributed by atoms with Crippen LogP contribution in [-0.4, -0.2) is 66.0 Å². The normalized spacial score (nSPS) is 15.4. The van der Waals surface area contributed by atoms with Gasteiger partial charge in [0.15, 0.2) is 0 Å². The van der Waals surface area contributed by atoms with Crippen LogP contribution in [0.2, 0.25) is 0 Å². The summed E-state index contributed by atoms with van der Waals surface area (Å²) < 4.78 is 18.0. The van der Waals surface area contributed by atoms with Crippen LogP contribution in [0.25, 0.3) is 12.2 Å². The van der Waals surface area contributed by atoms with E-state index in [1.807, 2.05) is 24.3 Å². The summed E-state index contributed by atoms with van der Waals surface area (Å²) in [5.41, 5.74) is 4.28. The molecular formula is C28H33FN4O3. The van der Waals surface area contributed by atoms with Crippen molar-refractivity contribution in [3.63, 3.8) is 0 Å². The van der Waals surface area contributed by atoms with Gasteiger partial charge in [0.05, 0.1) is 25.2 Å². The van der Waals surface area contributed by atoms with E-state index in [9.17, 15) is 14.3 Å². The van der Waals surface area contributed by atoms with Crippen molar-refractivity contribution < 1.29 is 14.2 Å². The van der Waals surface area contributed by atoms with Crippen LogP contribution in [0.4, 0.5) is 4.39 Å². The highest BCUT2D eigenvalue weighted by Crippen LogP contribution is 2.24. The van der Waals surface area contributed by atoms with Gasteiger partial charge < -0.3 is 20.1 Å². The first-order valence-corrected chi connectivity index (χ1v) is 12.3. The van der Waals surface area contributed by atoms with Gasteiger partial charge in [-0.2, -0.15) is 0 Å². The molecule has 4 rings (SSSR count). The van der Waals surface area contributed by atoms with Crippen LogP contribution in [-0.2, 0) is 17.7 Å². The molecule has 0 spiro atoms. The number of nitrogens with zero attached hydrogens (tertiary/aromatic N) is 2. The average Bonchev–Trinajstić information content (AvgIpc) is 2.91. The third kappa shape index (κ3) is 7.34. The molecule has 8 heteroatoms. The van der Waals surface area contributed by atoms with E-state index in [0.29, 0.717) is 18.7 Å². The SMILES string of the molecule is O=c1[nH]cnc(C(CNCCF)Cc2ccc(/C=C/c3ccc(CN4CCOCC4)cc3)cc2)c1O. The Kier molecular flexibility index (Phi) is 9.38. The average molecular weight is 493 g/mol. The predicted molar refractivity (Wildman–Crippen MR) is 140 cm³/mol. The number of aromatic nitrogens is 2. The highest BCUT2D eigenvalue weighted by Gasteiger charge is 2.19. The van der Waals surface area contributed by atoms with Crippen LogP contribution in [0.5, 0.6) is 5.75 Å². The van der Waals surface area contributed by atoms with Gasteiger partial charge in [-0.25, -0.2) is 9.37 Å². The first-order chi connectivity index (χ1) is 17.6. The van der Waals surface area contributed by atoms with Crippen LogP contribution in [0.1, 0.15) is 33.9 Å². The van der Waals surface area contributed by atoms with E-state index in [2.05, 4.69) is 56.6 Å². The van der Waals surface area contributed by atoms with Crippen molar-refractivity contribution in [3.05, 3.63) is 93.2 Å². The van der Waals surface area contributed by atoms with Crippen molar-refractivity contribution in [3.8, 4) is 5.75 Å². The summed E-state index contributed by atoms with van der Waals surface area (Å²) in [6.45, 7) is 4.64. The van der Waals surface area contributed by atoms with Crippen LogP contribution < -0.4 is 10.9 Å². The first-order valence-electron chi connectivity index (χ1n) is 12.3. The van der Waals surface area contributed by atoms with E-state index in [-0.39, 0.29) is 18.2 Å². The second-order valence-corrected chi connectivity index (χ2v) is 8.96. The number of nitrogens with one attached hydrogen (secondary N) is 2. The highest BCUT2D eigenvalue weighted by atomic mass is 19.1. The number of hydrogen-bond donors (Lipinski definition) is 3. The Hall–Kier alpha value is -3.33. The minimum Gasteiger partial charge on any atom is -0.502 e. The van der Waals surface area contributed by atoms with Crippen molar-refractivity contribution in [1.29, 1.82) is 0 Å². The lowest BCUT2D eigenvalue weighted by Gasteiger charge is -2.26. The van der Waals surface area contributed by atoms with Crippen molar-refractivity contribution in [1.82, 2.24) is 20.2 Å². The van der Waals surface area contributed by atoms with Gasteiger partial charge in [0.25, 0.3) is 5.56 Å². The van der Waals surface area contributed by atoms with Gasteiger partial charge >= 0.3 is 0 Å². The molecule has 1 unspecified atom stereocenters. The number of rotatable bonds is 11. The summed E-state index contributed by atoms with van der Waals surface area (Å²) in [5, 5.41) is 13.2. The molecule has 0 aliphatic carbocycles. The Balaban J connectivity index is 1.37. The molecule has 0 saturated carbocycles. The molecule has 2 aromatic carbocycles. The van der Waals surface area contributed by atoms with Crippen LogP contribution >= 0.6 is 0 Å². The summed E-state index contributed by atoms with van der Waals surface area (Å²) in [6.07, 6.45) is 6.00. The second kappa shape index (κ2) is 13.1. The molecule has 1 aliphatic rings. The molecule has 0 amide bonds. The molecule has 0 bridgehead atoms. The van der Waals surface area contributed by atoms with E-state index >= 15 is 0 Å². The van der Waals surface area contributed by atoms with Crippen molar-refractivity contribution in [2.75, 3.05) is 46.1 Å². The monoisotopic (exact) mass is 492 g/mol. The zero-order valence-electron chi connectivity index (χ0n) is 20.3. The van der Waals surface area contributed by atoms with Crippen molar-refractivity contribution in [2.45, 2.75) is 18.9 Å². The molecule has 3 aromatic rings. The summed E-state index contributed by atoms with van der Waals surface area (Å²) in [5.74, 6) is -0.656. The van der Waals surface area contributed by atoms with E-state index in [1.54, 1.807) is 0 Å². The third-order valence-corrected chi connectivity index (χ3v) is 6.33. The zero-order chi connectivity index (χ0) is 25.2. The largest absolute Gasteiger partial charge is 0.502 e. The number of halogens is 1. The van der Waals surface area contributed by atoms with Crippen LogP contribution in [0, 0.1) is 0 Å². The van der Waals surface area contributed by atoms with E-state index in [1.165, 1.54) is 11.9 Å². The van der Waals surface area contributed by atoms with E-state index in [4.69, 9.17) is 4.74 Å². The number of benzene rings is 2. The Morgan fingerprint density at radius 2 is 1.69 bits per heavy atom. The van der Waals surface area contributed by atoms with Gasteiger partial charge in [-0.15, -0.1) is 0 Å². The third-order valence-electron chi connectivity index (χ3n) is 6.33. The maximum Gasteiger partial charge on any atom is 0.293 e. The van der Waals surface area contributed by atoms with Crippen molar-refractivity contribution >= 4 is 12.2 Å². The fourth-order valence-electron chi connectivity index (χ4n) is 4.31. The molecular weight excluding hydrogens is 459 g/mol. The van der Waals surface area contributed by atoms with E-state index < -0.39 is 12.2 Å². The smallest absolute Gasteiger partial charge is 0.293 e. The van der Waals surface area contributed by atoms with Gasteiger partial charge in [0.2, 0.25) is 5.75 Å². The Bertz CT molecular complexity index is 1170. The number of ether oxygens (including phenoxy) is 1. The number of aromatic hydroxyl groups is 1. The number of hydrogen-bond acceptors (Lipinski definition) is 6. The molecule has 0 radical (unpaired) electrons. The molecule has 2 heterocycles. The fraction of sp³-hybridized carbons (Fsp3) is 0.357. The lowest BCUT2D eigenvalue weighted by Crippen LogP contribution is -2.35. The minimum absolute atomic E-state index is 0.207. The van der Waals surface area contributed by atoms with E-state index in [0.717, 1.165) is 49.5 Å². The fourth-order valence-corrected chi connectivity index (χ4v) is 4.31. The standard InChI is InChI=1S/C28H33FN4O3/c29-11-12-30-18-25(26-27(34)28(35)32-20-31-26)17-23-7-3-21(4-8-23)1-2-22-5-9-24(10-6-22)19-33-13-15-36-16-14-33/h1-10,20,25,30,34H,11-19H2,(H,31,32,35)/b2-1+. The quantitative estimate of drug-likeness (QED) is 0.281. The number of H-pyrrole nitrogens is 1. The Morgan fingerprint density at radius 3 is 2.33 bits per heavy atom. The maximum absolute atomic E-state index is 12.6. The zero-order valence-corrected chi connectivity index (χ0v) is 20.3. The van der Waals surface area contributed by atoms with Crippen LogP contribution in [0.3, 0.4) is 0 Å². The number of aromatic amines is 1. The summed E-state index contributed by atoms with van der Waals surface area (Å²) in [7, 11) is 0. The van der Waals surface area contributed by atoms with Crippen LogP contribution in [0.15, 0.2) is 59.7 Å². The second-order valence-electron chi connectivity index (χ2n) is 8.96. The lowest BCUT2D eigenvalue weighted by molar-refractivity contribution is 0.0342. The number of morpholine rings is 1.